The van der Waals surface area contributed by atoms with Gasteiger partial charge in [0.05, 0.1) is 38.8 Å². The minimum absolute atomic E-state index is 0.0531. The zero-order chi connectivity index (χ0) is 77.5. The molecule has 6 aliphatic heterocycles. The molecule has 105 heavy (non-hydrogen) atoms. The van der Waals surface area contributed by atoms with Crippen LogP contribution in [-0.4, -0.2) is 271 Å². The molecule has 2 aromatic rings. The van der Waals surface area contributed by atoms with Crippen LogP contribution in [0.1, 0.15) is 154 Å². The van der Waals surface area contributed by atoms with Crippen molar-refractivity contribution >= 4 is 70.9 Å². The van der Waals surface area contributed by atoms with Crippen LogP contribution in [-0.2, 0) is 81.3 Å². The first-order chi connectivity index (χ1) is 49.6. The van der Waals surface area contributed by atoms with Crippen LogP contribution in [0.4, 0.5) is 22.0 Å². The van der Waals surface area contributed by atoms with E-state index >= 15 is 42.3 Å². The summed E-state index contributed by atoms with van der Waals surface area (Å²) in [6.07, 6.45) is -2.93. The molecule has 1 spiro atoms. The van der Waals surface area contributed by atoms with Crippen molar-refractivity contribution in [2.24, 2.45) is 11.8 Å². The lowest BCUT2D eigenvalue weighted by Gasteiger charge is -2.42. The van der Waals surface area contributed by atoms with E-state index in [0.29, 0.717) is 87.7 Å². The van der Waals surface area contributed by atoms with Crippen LogP contribution in [0, 0.1) is 23.5 Å². The van der Waals surface area contributed by atoms with Crippen molar-refractivity contribution in [3.8, 4) is 5.75 Å². The number of carbonyl (C=O) groups excluding carboxylic acids is 12. The van der Waals surface area contributed by atoms with Crippen molar-refractivity contribution < 1.29 is 89.0 Å². The molecule has 2 aromatic carbocycles. The lowest BCUT2D eigenvalue weighted by molar-refractivity contribution is -0.156. The van der Waals surface area contributed by atoms with Crippen LogP contribution in [0.2, 0.25) is 0 Å². The standard InChI is InChI=1S/C74H107F5N12O14/c1-13-34-90-57-38-46-26-29-49(30-27-46)105-35-22-16-17-25-54(65(96)81-63(45(4)14-2)70(101)86(9)43-60(94)84(7)44-61(90)95)87(10)59(93)40-56(68(99)83(5)6)88(11)71(102)64(48-23-18-19-24-48)89(12)72(103)73(32-20-21-33-73)82-66(97)55-39-50(104-15-3)41-91(55)67(98)53(80-58(92)42-85(8)69(57)100)31-28-47-36-51(75)62(52(76)37-47)74(77,78)79/h26-27,29-30,36-37,45,48,50,53-57,63-64H,13-25,28,31-35,38-44H2,1-12H3,(H,80,92)(H,81,96)(H,82,97)/t45-,50+,53-,54-,55-,56-,57-,63-,64-/m0/s1. The Balaban J connectivity index is 1.38. The molecule has 6 heterocycles. The van der Waals surface area contributed by atoms with Gasteiger partial charge in [0, 0.05) is 88.9 Å². The number of ether oxygens (including phenoxy) is 2. The van der Waals surface area contributed by atoms with Crippen molar-refractivity contribution in [3.05, 3.63) is 64.7 Å². The smallest absolute Gasteiger partial charge is 0.422 e. The van der Waals surface area contributed by atoms with Gasteiger partial charge in [-0.15, -0.1) is 0 Å². The number of likely N-dealkylation sites (N-methyl/N-ethyl adjacent to an activating group) is 7. The van der Waals surface area contributed by atoms with E-state index in [0.717, 1.165) is 24.5 Å². The van der Waals surface area contributed by atoms with Crippen LogP contribution in [0.25, 0.3) is 0 Å². The summed E-state index contributed by atoms with van der Waals surface area (Å²) in [6, 6.07) is -2.24. The number of carbonyl (C=O) groups is 12. The van der Waals surface area contributed by atoms with Gasteiger partial charge in [-0.05, 0) is 118 Å². The third-order valence-electron chi connectivity index (χ3n) is 21.4. The number of rotatable bonds is 11. The number of nitrogens with zero attached hydrogens (tertiary/aromatic N) is 9. The fraction of sp³-hybridized carbons (Fsp3) is 0.676. The van der Waals surface area contributed by atoms with E-state index < -0.39 is 199 Å². The summed E-state index contributed by atoms with van der Waals surface area (Å²) in [6.45, 7) is 4.91. The van der Waals surface area contributed by atoms with Crippen LogP contribution < -0.4 is 20.7 Å². The van der Waals surface area contributed by atoms with Gasteiger partial charge in [0.1, 0.15) is 70.8 Å². The third-order valence-corrected chi connectivity index (χ3v) is 21.4. The highest BCUT2D eigenvalue weighted by Crippen LogP contribution is 2.38. The Morgan fingerprint density at radius 3 is 1.90 bits per heavy atom. The summed E-state index contributed by atoms with van der Waals surface area (Å²) in [5.41, 5.74) is -3.66. The molecule has 3 N–H and O–H groups in total. The molecule has 2 saturated carbocycles. The first-order valence-corrected chi connectivity index (χ1v) is 36.7. The molecule has 10 rings (SSSR count). The molecule has 8 aliphatic rings. The summed E-state index contributed by atoms with van der Waals surface area (Å²) in [4.78, 5) is 191. The van der Waals surface area contributed by atoms with Gasteiger partial charge in [0.25, 0.3) is 0 Å². The SMILES string of the molecule is CCCN1C(=O)CN(C)C(=O)CN(C)C(=O)[C@H]([C@@H](C)CC)NC(=O)[C@@H]2CCCCCOc3ccc(cc3)C[C@H]1C(=O)N(C)CC(=O)N[C@@H](CCc1cc(F)c(C(F)(F)F)c(F)c1)C(=O)N1C[C@H](OCC)C[C@H]1C(=O)NC1(CCCC1)C(=O)N(C)[C@@H](C1CCCC1)C(=O)N(C)[C@H](C(=O)N(C)C)CC(=O)N2C. The maximum absolute atomic E-state index is 15.7. The molecule has 4 bridgehead atoms. The van der Waals surface area contributed by atoms with Gasteiger partial charge in [0.15, 0.2) is 0 Å². The Kier molecular flexibility index (Phi) is 29.6. The summed E-state index contributed by atoms with van der Waals surface area (Å²) in [5.74, 6) is -13.6. The quantitative estimate of drug-likeness (QED) is 0.257. The number of halogens is 5. The summed E-state index contributed by atoms with van der Waals surface area (Å²) < 4.78 is 84.2. The Hall–Kier alpha value is -8.51. The van der Waals surface area contributed by atoms with E-state index in [1.807, 2.05) is 0 Å². The third kappa shape index (κ3) is 20.8. The van der Waals surface area contributed by atoms with Gasteiger partial charge in [-0.1, -0.05) is 71.4 Å². The highest BCUT2D eigenvalue weighted by Gasteiger charge is 2.52. The molecule has 582 valence electrons. The predicted molar refractivity (Wildman–Crippen MR) is 376 cm³/mol. The van der Waals surface area contributed by atoms with Crippen molar-refractivity contribution in [3.63, 3.8) is 0 Å². The monoisotopic (exact) mass is 1480 g/mol. The molecule has 31 heteroatoms. The van der Waals surface area contributed by atoms with Gasteiger partial charge < -0.3 is 69.5 Å². The molecular formula is C74H107F5N12O14. The summed E-state index contributed by atoms with van der Waals surface area (Å²) in [7, 11) is 11.1. The summed E-state index contributed by atoms with van der Waals surface area (Å²) in [5, 5.41) is 8.51. The lowest BCUT2D eigenvalue weighted by Crippen LogP contribution is -2.65. The van der Waals surface area contributed by atoms with E-state index in [1.54, 1.807) is 52.0 Å². The van der Waals surface area contributed by atoms with Crippen LogP contribution in [0.3, 0.4) is 0 Å². The average Bonchev–Trinajstić information content (AvgIpc) is 1.71. The normalized spacial score (nSPS) is 25.7. The van der Waals surface area contributed by atoms with Gasteiger partial charge in [-0.2, -0.15) is 13.2 Å². The molecule has 12 amide bonds. The number of aryl methyl sites for hydroxylation is 1. The van der Waals surface area contributed by atoms with Crippen molar-refractivity contribution in [1.29, 1.82) is 0 Å². The van der Waals surface area contributed by atoms with E-state index in [9.17, 15) is 37.1 Å². The fourth-order valence-corrected chi connectivity index (χ4v) is 15.1. The van der Waals surface area contributed by atoms with Gasteiger partial charge >= 0.3 is 6.18 Å². The maximum atomic E-state index is 15.7. The number of amides is 12. The number of nitrogens with one attached hydrogen (secondary N) is 3. The molecule has 9 atom stereocenters. The largest absolute Gasteiger partial charge is 0.494 e. The fourth-order valence-electron chi connectivity index (χ4n) is 15.1. The second kappa shape index (κ2) is 37.2. The van der Waals surface area contributed by atoms with Crippen molar-refractivity contribution in [2.45, 2.75) is 210 Å². The minimum atomic E-state index is -5.42. The van der Waals surface area contributed by atoms with Crippen molar-refractivity contribution in [2.75, 3.05) is 102 Å². The zero-order valence-corrected chi connectivity index (χ0v) is 62.8. The highest BCUT2D eigenvalue weighted by atomic mass is 19.4. The number of benzene rings is 2. The van der Waals surface area contributed by atoms with Crippen LogP contribution >= 0.6 is 0 Å². The number of hydrogen-bond acceptors (Lipinski definition) is 14. The second-order valence-corrected chi connectivity index (χ2v) is 29.2. The van der Waals surface area contributed by atoms with E-state index in [1.165, 1.54) is 76.0 Å². The number of hydrogen-bond donors (Lipinski definition) is 3. The maximum Gasteiger partial charge on any atom is 0.422 e. The molecule has 2 saturated heterocycles. The highest BCUT2D eigenvalue weighted by molar-refractivity contribution is 6.01. The van der Waals surface area contributed by atoms with Crippen LogP contribution in [0.5, 0.6) is 5.75 Å². The molecule has 0 radical (unpaired) electrons. The van der Waals surface area contributed by atoms with Crippen molar-refractivity contribution in [1.82, 2.24) is 60.0 Å². The molecule has 0 aromatic heterocycles. The Labute approximate surface area is 612 Å². The Morgan fingerprint density at radius 2 is 1.30 bits per heavy atom. The Bertz CT molecular complexity index is 3440. The molecule has 0 unspecified atom stereocenters. The topological polar surface area (TPSA) is 289 Å². The Morgan fingerprint density at radius 1 is 0.676 bits per heavy atom. The van der Waals surface area contributed by atoms with Crippen LogP contribution in [0.15, 0.2) is 36.4 Å². The predicted octanol–water partition coefficient (Wildman–Crippen LogP) is 4.71. The van der Waals surface area contributed by atoms with Gasteiger partial charge in [-0.3, -0.25) is 57.5 Å². The van der Waals surface area contributed by atoms with Gasteiger partial charge in [0.2, 0.25) is 70.9 Å². The second-order valence-electron chi connectivity index (χ2n) is 29.2. The summed E-state index contributed by atoms with van der Waals surface area (Å²) >= 11 is 0. The van der Waals surface area contributed by atoms with E-state index in [2.05, 4.69) is 16.0 Å². The first kappa shape index (κ1) is 83.8. The van der Waals surface area contributed by atoms with Gasteiger partial charge in [-0.25, -0.2) is 8.78 Å². The minimum Gasteiger partial charge on any atom is -0.494 e. The zero-order valence-electron chi connectivity index (χ0n) is 62.8. The van der Waals surface area contributed by atoms with E-state index in [4.69, 9.17) is 9.47 Å². The lowest BCUT2D eigenvalue weighted by atomic mass is 9.90. The molecular weight excluding hydrogens is 1380 g/mol. The molecule has 2 aliphatic carbocycles. The molecule has 26 nitrogen and oxygen atoms in total. The average molecular weight is 1480 g/mol. The molecule has 4 fully saturated rings. The number of alkyl halides is 3. The first-order valence-electron chi connectivity index (χ1n) is 36.7. The van der Waals surface area contributed by atoms with E-state index in [-0.39, 0.29) is 70.4 Å².